The Labute approximate surface area is 139 Å². The number of fused-ring (bicyclic) bond motifs is 1. The Kier molecular flexibility index (Phi) is 4.39. The molecule has 2 aromatic carbocycles. The number of carbonyl (C=O) groups is 1. The predicted octanol–water partition coefficient (Wildman–Crippen LogP) is 4.18. The topological polar surface area (TPSA) is 40.5 Å². The van der Waals surface area contributed by atoms with Crippen LogP contribution in [0.15, 0.2) is 42.5 Å². The lowest BCUT2D eigenvalue weighted by Crippen LogP contribution is -2.36. The molecule has 1 aliphatic heterocycles. The number of aliphatic carboxylic acids is 1. The minimum atomic E-state index is -0.802. The Balaban J connectivity index is 1.86. The predicted molar refractivity (Wildman–Crippen MR) is 87.4 cm³/mol. The fraction of sp³-hybridized carbons (Fsp3) is 0.235. The maximum Gasteiger partial charge on any atom is 0.312 e. The maximum atomic E-state index is 11.6. The Bertz CT molecular complexity index is 700. The number of carboxylic acid groups (broad SMARTS) is 1. The lowest BCUT2D eigenvalue weighted by molar-refractivity contribution is -0.139. The van der Waals surface area contributed by atoms with Gasteiger partial charge in [0.05, 0.1) is 5.92 Å². The van der Waals surface area contributed by atoms with Crippen molar-refractivity contribution in [3.05, 3.63) is 69.2 Å². The molecule has 0 fully saturated rings. The number of benzene rings is 2. The molecule has 1 atom stereocenters. The van der Waals surface area contributed by atoms with E-state index in [-0.39, 0.29) is 0 Å². The summed E-state index contributed by atoms with van der Waals surface area (Å²) in [6, 6.07) is 13.1. The first-order valence-corrected chi connectivity index (χ1v) is 7.76. The van der Waals surface area contributed by atoms with E-state index in [0.717, 1.165) is 16.7 Å². The third-order valence-corrected chi connectivity index (χ3v) is 4.42. The molecule has 1 aliphatic rings. The molecule has 1 heterocycles. The lowest BCUT2D eigenvalue weighted by Gasteiger charge is -2.33. The highest BCUT2D eigenvalue weighted by Crippen LogP contribution is 2.31. The van der Waals surface area contributed by atoms with Crippen molar-refractivity contribution in [2.75, 3.05) is 6.54 Å². The van der Waals surface area contributed by atoms with E-state index in [9.17, 15) is 9.90 Å². The van der Waals surface area contributed by atoms with Crippen molar-refractivity contribution in [1.29, 1.82) is 0 Å². The van der Waals surface area contributed by atoms with Gasteiger partial charge < -0.3 is 5.11 Å². The number of carboxylic acids is 1. The van der Waals surface area contributed by atoms with Gasteiger partial charge in [0.2, 0.25) is 0 Å². The largest absolute Gasteiger partial charge is 0.481 e. The van der Waals surface area contributed by atoms with E-state index in [2.05, 4.69) is 4.90 Å². The highest BCUT2D eigenvalue weighted by atomic mass is 35.5. The molecule has 0 amide bonds. The highest BCUT2D eigenvalue weighted by molar-refractivity contribution is 6.30. The van der Waals surface area contributed by atoms with Gasteiger partial charge in [0, 0.05) is 29.7 Å². The molecule has 3 nitrogen and oxygen atoms in total. The van der Waals surface area contributed by atoms with E-state index in [1.54, 1.807) is 6.07 Å². The SMILES string of the molecule is O=C(O)C1CN(Cc2ccc(Cl)cc2)Cc2cc(Cl)ccc21. The second-order valence-electron chi connectivity index (χ2n) is 5.53. The van der Waals surface area contributed by atoms with E-state index >= 15 is 0 Å². The Morgan fingerprint density at radius 1 is 1.14 bits per heavy atom. The van der Waals surface area contributed by atoms with Crippen molar-refractivity contribution in [2.24, 2.45) is 0 Å². The van der Waals surface area contributed by atoms with Crippen LogP contribution in [-0.4, -0.2) is 22.5 Å². The molecular weight excluding hydrogens is 321 g/mol. The van der Waals surface area contributed by atoms with Gasteiger partial charge in [0.15, 0.2) is 0 Å². The van der Waals surface area contributed by atoms with Gasteiger partial charge in [-0.3, -0.25) is 9.69 Å². The van der Waals surface area contributed by atoms with E-state index < -0.39 is 11.9 Å². The highest BCUT2D eigenvalue weighted by Gasteiger charge is 2.30. The van der Waals surface area contributed by atoms with Gasteiger partial charge in [-0.15, -0.1) is 0 Å². The van der Waals surface area contributed by atoms with E-state index in [4.69, 9.17) is 23.2 Å². The molecule has 0 spiro atoms. The van der Waals surface area contributed by atoms with Crippen LogP contribution in [0.25, 0.3) is 0 Å². The number of rotatable bonds is 3. The van der Waals surface area contributed by atoms with E-state index in [1.807, 2.05) is 36.4 Å². The molecule has 2 aromatic rings. The first kappa shape index (κ1) is 15.3. The quantitative estimate of drug-likeness (QED) is 0.914. The van der Waals surface area contributed by atoms with Crippen LogP contribution in [0, 0.1) is 0 Å². The summed E-state index contributed by atoms with van der Waals surface area (Å²) >= 11 is 11.9. The number of hydrogen-bond donors (Lipinski definition) is 1. The zero-order chi connectivity index (χ0) is 15.7. The van der Waals surface area contributed by atoms with Gasteiger partial charge in [-0.25, -0.2) is 0 Å². The number of nitrogens with zero attached hydrogens (tertiary/aromatic N) is 1. The van der Waals surface area contributed by atoms with Crippen molar-refractivity contribution in [3.63, 3.8) is 0 Å². The lowest BCUT2D eigenvalue weighted by atomic mass is 9.89. The van der Waals surface area contributed by atoms with Crippen LogP contribution in [0.5, 0.6) is 0 Å². The molecule has 0 aromatic heterocycles. The summed E-state index contributed by atoms with van der Waals surface area (Å²) in [4.78, 5) is 13.7. The summed E-state index contributed by atoms with van der Waals surface area (Å²) in [6.45, 7) is 1.88. The zero-order valence-corrected chi connectivity index (χ0v) is 13.3. The molecule has 22 heavy (non-hydrogen) atoms. The fourth-order valence-electron chi connectivity index (χ4n) is 2.89. The summed E-state index contributed by atoms with van der Waals surface area (Å²) in [5.74, 6) is -1.32. The van der Waals surface area contributed by atoms with E-state index in [0.29, 0.717) is 29.7 Å². The molecular formula is C17H15Cl2NO2. The standard InChI is InChI=1S/C17H15Cl2NO2/c18-13-3-1-11(2-4-13)8-20-9-12-7-14(19)5-6-15(12)16(10-20)17(21)22/h1-7,16H,8-10H2,(H,21,22). The summed E-state index contributed by atoms with van der Waals surface area (Å²) in [6.07, 6.45) is 0. The molecule has 0 saturated carbocycles. The smallest absolute Gasteiger partial charge is 0.312 e. The molecule has 0 radical (unpaired) electrons. The molecule has 3 rings (SSSR count). The Hall–Kier alpha value is -1.55. The summed E-state index contributed by atoms with van der Waals surface area (Å²) in [5, 5.41) is 10.8. The van der Waals surface area contributed by atoms with Gasteiger partial charge in [-0.05, 0) is 41.0 Å². The summed E-state index contributed by atoms with van der Waals surface area (Å²) in [5.41, 5.74) is 2.96. The van der Waals surface area contributed by atoms with Crippen LogP contribution in [0.1, 0.15) is 22.6 Å². The normalized spacial score (nSPS) is 18.0. The molecule has 1 unspecified atom stereocenters. The van der Waals surface area contributed by atoms with Crippen LogP contribution < -0.4 is 0 Å². The van der Waals surface area contributed by atoms with Gasteiger partial charge >= 0.3 is 5.97 Å². The van der Waals surface area contributed by atoms with Crippen LogP contribution in [-0.2, 0) is 17.9 Å². The minimum absolute atomic E-state index is 0.493. The first-order valence-electron chi connectivity index (χ1n) is 7.01. The van der Waals surface area contributed by atoms with Crippen molar-refractivity contribution in [1.82, 2.24) is 4.90 Å². The Morgan fingerprint density at radius 3 is 2.50 bits per heavy atom. The average molecular weight is 336 g/mol. The third-order valence-electron chi connectivity index (χ3n) is 3.93. The molecule has 0 aliphatic carbocycles. The van der Waals surface area contributed by atoms with Crippen LogP contribution in [0.3, 0.4) is 0 Å². The van der Waals surface area contributed by atoms with Crippen LogP contribution >= 0.6 is 23.2 Å². The molecule has 5 heteroatoms. The molecule has 1 N–H and O–H groups in total. The second kappa shape index (κ2) is 6.29. The van der Waals surface area contributed by atoms with Gasteiger partial charge in [0.25, 0.3) is 0 Å². The second-order valence-corrected chi connectivity index (χ2v) is 6.40. The van der Waals surface area contributed by atoms with Crippen molar-refractivity contribution < 1.29 is 9.90 Å². The Morgan fingerprint density at radius 2 is 1.82 bits per heavy atom. The minimum Gasteiger partial charge on any atom is -0.481 e. The summed E-state index contributed by atoms with van der Waals surface area (Å²) < 4.78 is 0. The number of hydrogen-bond acceptors (Lipinski definition) is 2. The molecule has 114 valence electrons. The monoisotopic (exact) mass is 335 g/mol. The fourth-order valence-corrected chi connectivity index (χ4v) is 3.21. The van der Waals surface area contributed by atoms with Crippen molar-refractivity contribution in [3.8, 4) is 0 Å². The zero-order valence-electron chi connectivity index (χ0n) is 11.8. The van der Waals surface area contributed by atoms with Gasteiger partial charge in [-0.1, -0.05) is 41.4 Å². The van der Waals surface area contributed by atoms with Gasteiger partial charge in [-0.2, -0.15) is 0 Å². The van der Waals surface area contributed by atoms with E-state index in [1.165, 1.54) is 0 Å². The first-order chi connectivity index (χ1) is 10.5. The average Bonchev–Trinajstić information content (AvgIpc) is 2.48. The van der Waals surface area contributed by atoms with Crippen LogP contribution in [0.2, 0.25) is 10.0 Å². The third kappa shape index (κ3) is 3.27. The van der Waals surface area contributed by atoms with Crippen LogP contribution in [0.4, 0.5) is 0 Å². The maximum absolute atomic E-state index is 11.6. The number of halogens is 2. The summed E-state index contributed by atoms with van der Waals surface area (Å²) in [7, 11) is 0. The van der Waals surface area contributed by atoms with Crippen molar-refractivity contribution >= 4 is 29.2 Å². The molecule has 0 bridgehead atoms. The molecule has 0 saturated heterocycles. The van der Waals surface area contributed by atoms with Crippen molar-refractivity contribution in [2.45, 2.75) is 19.0 Å². The van der Waals surface area contributed by atoms with Gasteiger partial charge in [0.1, 0.15) is 0 Å².